The normalized spacial score (nSPS) is 26.3. The summed E-state index contributed by atoms with van der Waals surface area (Å²) in [6.45, 7) is 7.62. The number of hydrogen-bond acceptors (Lipinski definition) is 0. The van der Waals surface area contributed by atoms with Crippen LogP contribution >= 0.6 is 0 Å². The second-order valence-electron chi connectivity index (χ2n) is 4.15. The molecule has 0 saturated carbocycles. The Morgan fingerprint density at radius 1 is 1.33 bits per heavy atom. The highest BCUT2D eigenvalue weighted by Crippen LogP contribution is 2.27. The van der Waals surface area contributed by atoms with Gasteiger partial charge >= 0.3 is 8.80 Å². The standard InChI is InChI=1S/C7H17Si2/c1-8-5-4-6-9(2,3)7-8/h4-7H2,1-3H3/q+1. The smallest absolute Gasteiger partial charge is 0.0670 e. The van der Waals surface area contributed by atoms with Gasteiger partial charge in [-0.3, -0.25) is 0 Å². The molecule has 0 aromatic heterocycles. The minimum absolute atomic E-state index is 0.162. The van der Waals surface area contributed by atoms with Crippen LogP contribution in [0.3, 0.4) is 0 Å². The third-order valence-electron chi connectivity index (χ3n) is 2.24. The zero-order valence-electron chi connectivity index (χ0n) is 6.83. The molecule has 0 atom stereocenters. The monoisotopic (exact) mass is 157 g/mol. The van der Waals surface area contributed by atoms with Gasteiger partial charge in [0.2, 0.25) is 0 Å². The Morgan fingerprint density at radius 2 is 2.00 bits per heavy atom. The van der Waals surface area contributed by atoms with Crippen molar-refractivity contribution in [3.8, 4) is 0 Å². The molecule has 1 aliphatic rings. The highest BCUT2D eigenvalue weighted by Gasteiger charge is 2.36. The van der Waals surface area contributed by atoms with Crippen molar-refractivity contribution < 1.29 is 0 Å². The van der Waals surface area contributed by atoms with Gasteiger partial charge in [0.15, 0.2) is 0 Å². The van der Waals surface area contributed by atoms with Crippen molar-refractivity contribution in [3.63, 3.8) is 0 Å². The molecular weight excluding hydrogens is 140 g/mol. The van der Waals surface area contributed by atoms with Crippen molar-refractivity contribution >= 4 is 16.9 Å². The van der Waals surface area contributed by atoms with Crippen LogP contribution in [0.2, 0.25) is 37.4 Å². The van der Waals surface area contributed by atoms with Gasteiger partial charge in [-0.05, 0) is 6.42 Å². The molecule has 1 heterocycles. The van der Waals surface area contributed by atoms with Crippen LogP contribution < -0.4 is 0 Å². The lowest BCUT2D eigenvalue weighted by Crippen LogP contribution is -2.35. The molecule has 0 aromatic carbocycles. The SMILES string of the molecule is C[Si+]1CCC[Si](C)(C)C1. The van der Waals surface area contributed by atoms with Crippen LogP contribution in [0.4, 0.5) is 0 Å². The van der Waals surface area contributed by atoms with E-state index in [1.165, 1.54) is 0 Å². The van der Waals surface area contributed by atoms with Crippen LogP contribution in [0.15, 0.2) is 0 Å². The van der Waals surface area contributed by atoms with Gasteiger partial charge in [0.05, 0.1) is 26.3 Å². The molecule has 1 saturated heterocycles. The summed E-state index contributed by atoms with van der Waals surface area (Å²) in [7, 11) is -0.446. The average molecular weight is 157 g/mol. The summed E-state index contributed by atoms with van der Waals surface area (Å²) in [6.07, 6.45) is 1.56. The summed E-state index contributed by atoms with van der Waals surface area (Å²) in [6, 6.07) is 3.20. The molecule has 0 nitrogen and oxygen atoms in total. The molecule has 2 heteroatoms. The molecule has 0 bridgehead atoms. The molecule has 0 radical (unpaired) electrons. The zero-order valence-corrected chi connectivity index (χ0v) is 8.83. The minimum atomic E-state index is -0.608. The van der Waals surface area contributed by atoms with Crippen LogP contribution in [0.5, 0.6) is 0 Å². The van der Waals surface area contributed by atoms with E-state index < -0.39 is 8.07 Å². The number of rotatable bonds is 0. The summed E-state index contributed by atoms with van der Waals surface area (Å²) in [5, 5.41) is 0. The first-order valence-corrected chi connectivity index (χ1v) is 9.74. The second-order valence-corrected chi connectivity index (χ2v) is 12.8. The van der Waals surface area contributed by atoms with E-state index in [0.717, 1.165) is 0 Å². The molecule has 52 valence electrons. The van der Waals surface area contributed by atoms with E-state index in [1.807, 2.05) is 0 Å². The maximum absolute atomic E-state index is 2.56. The van der Waals surface area contributed by atoms with E-state index >= 15 is 0 Å². The first-order chi connectivity index (χ1) is 4.10. The maximum atomic E-state index is 2.56. The Bertz CT molecular complexity index is 99.1. The van der Waals surface area contributed by atoms with Crippen molar-refractivity contribution in [2.45, 2.75) is 43.8 Å². The maximum Gasteiger partial charge on any atom is 0.307 e. The molecule has 1 fully saturated rings. The highest BCUT2D eigenvalue weighted by molar-refractivity contribution is 6.89. The third kappa shape index (κ3) is 2.26. The van der Waals surface area contributed by atoms with E-state index in [1.54, 1.807) is 24.2 Å². The van der Waals surface area contributed by atoms with Gasteiger partial charge < -0.3 is 0 Å². The van der Waals surface area contributed by atoms with E-state index in [-0.39, 0.29) is 8.80 Å². The Kier molecular flexibility index (Phi) is 2.16. The molecule has 0 N–H and O–H groups in total. The molecular formula is C7H17Si2+. The lowest BCUT2D eigenvalue weighted by molar-refractivity contribution is 0.995. The quantitative estimate of drug-likeness (QED) is 0.474. The third-order valence-corrected chi connectivity index (χ3v) is 11.4. The van der Waals surface area contributed by atoms with Crippen molar-refractivity contribution in [2.24, 2.45) is 0 Å². The Labute approximate surface area is 61.3 Å². The Morgan fingerprint density at radius 3 is 2.33 bits per heavy atom. The van der Waals surface area contributed by atoms with E-state index in [4.69, 9.17) is 0 Å². The van der Waals surface area contributed by atoms with Crippen molar-refractivity contribution in [1.29, 1.82) is 0 Å². The van der Waals surface area contributed by atoms with Crippen LogP contribution in [-0.4, -0.2) is 16.9 Å². The first-order valence-electron chi connectivity index (χ1n) is 3.91. The number of hydrogen-bond donors (Lipinski definition) is 0. The minimum Gasteiger partial charge on any atom is -0.0670 e. The predicted octanol–water partition coefficient (Wildman–Crippen LogP) is 2.76. The summed E-state index contributed by atoms with van der Waals surface area (Å²) >= 11 is 0. The molecule has 0 aromatic rings. The lowest BCUT2D eigenvalue weighted by atomic mass is 10.6. The van der Waals surface area contributed by atoms with Crippen LogP contribution in [0, 0.1) is 0 Å². The van der Waals surface area contributed by atoms with Crippen LogP contribution in [0.25, 0.3) is 0 Å². The molecule has 1 rings (SSSR count). The molecule has 1 aliphatic heterocycles. The largest absolute Gasteiger partial charge is 0.307 e. The molecule has 0 unspecified atom stereocenters. The molecule has 0 amide bonds. The topological polar surface area (TPSA) is 0 Å². The van der Waals surface area contributed by atoms with Crippen molar-refractivity contribution in [1.82, 2.24) is 0 Å². The molecule has 0 spiro atoms. The first kappa shape index (κ1) is 7.54. The van der Waals surface area contributed by atoms with E-state index in [9.17, 15) is 0 Å². The van der Waals surface area contributed by atoms with Crippen molar-refractivity contribution in [3.05, 3.63) is 0 Å². The van der Waals surface area contributed by atoms with E-state index in [2.05, 4.69) is 19.6 Å². The predicted molar refractivity (Wildman–Crippen MR) is 48.1 cm³/mol. The van der Waals surface area contributed by atoms with Gasteiger partial charge in [0.1, 0.15) is 0 Å². The summed E-state index contributed by atoms with van der Waals surface area (Å²) in [4.78, 5) is 0. The Hall–Kier alpha value is 0.434. The van der Waals surface area contributed by atoms with Gasteiger partial charge in [0, 0.05) is 0 Å². The van der Waals surface area contributed by atoms with Gasteiger partial charge in [0.25, 0.3) is 0 Å². The highest BCUT2D eigenvalue weighted by atomic mass is 28.4. The molecule has 9 heavy (non-hydrogen) atoms. The van der Waals surface area contributed by atoms with Crippen molar-refractivity contribution in [2.75, 3.05) is 0 Å². The van der Waals surface area contributed by atoms with Gasteiger partial charge in [-0.15, -0.1) is 0 Å². The van der Waals surface area contributed by atoms with Crippen LogP contribution in [0.1, 0.15) is 6.42 Å². The summed E-state index contributed by atoms with van der Waals surface area (Å²) < 4.78 is 0. The molecule has 0 aliphatic carbocycles. The fraction of sp³-hybridized carbons (Fsp3) is 1.00. The fourth-order valence-corrected chi connectivity index (χ4v) is 12.1. The fourth-order valence-electron chi connectivity index (χ4n) is 1.86. The van der Waals surface area contributed by atoms with E-state index in [0.29, 0.717) is 0 Å². The van der Waals surface area contributed by atoms with Gasteiger partial charge in [-0.25, -0.2) is 0 Å². The Balaban J connectivity index is 2.41. The zero-order chi connectivity index (χ0) is 6.91. The second kappa shape index (κ2) is 2.58. The average Bonchev–Trinajstić information content (AvgIpc) is 1.60. The van der Waals surface area contributed by atoms with Gasteiger partial charge in [-0.2, -0.15) is 0 Å². The van der Waals surface area contributed by atoms with Crippen LogP contribution in [-0.2, 0) is 0 Å². The summed E-state index contributed by atoms with van der Waals surface area (Å²) in [5.74, 6) is 0. The summed E-state index contributed by atoms with van der Waals surface area (Å²) in [5.41, 5.74) is 1.68. The lowest BCUT2D eigenvalue weighted by Gasteiger charge is -2.23. The van der Waals surface area contributed by atoms with Gasteiger partial charge in [-0.1, -0.05) is 19.1 Å².